The summed E-state index contributed by atoms with van der Waals surface area (Å²) < 4.78 is 61.0. The van der Waals surface area contributed by atoms with E-state index in [0.717, 1.165) is 11.8 Å². The Morgan fingerprint density at radius 3 is 1.70 bits per heavy atom. The first kappa shape index (κ1) is 18.5. The third-order valence-corrected chi connectivity index (χ3v) is 5.88. The molecular formula is C14H21F3O5S. The number of carboxylic acids is 1. The summed E-state index contributed by atoms with van der Waals surface area (Å²) >= 11 is 0. The highest BCUT2D eigenvalue weighted by Crippen LogP contribution is 2.56. The zero-order valence-corrected chi connectivity index (χ0v) is 13.3. The van der Waals surface area contributed by atoms with Gasteiger partial charge in [-0.1, -0.05) is 0 Å². The van der Waals surface area contributed by atoms with E-state index in [1.54, 1.807) is 0 Å². The van der Waals surface area contributed by atoms with E-state index >= 15 is 0 Å². The molecule has 9 heteroatoms. The van der Waals surface area contributed by atoms with Crippen LogP contribution in [-0.2, 0) is 14.9 Å². The lowest BCUT2D eigenvalue weighted by Crippen LogP contribution is -2.47. The molecule has 0 aliphatic heterocycles. The third-order valence-electron chi connectivity index (χ3n) is 5.16. The normalized spacial score (nSPS) is 35.6. The summed E-state index contributed by atoms with van der Waals surface area (Å²) in [5, 5.41) is 9.15. The van der Waals surface area contributed by atoms with Crippen LogP contribution in [0.25, 0.3) is 0 Å². The Hall–Kier alpha value is -0.830. The summed E-state index contributed by atoms with van der Waals surface area (Å²) in [5.41, 5.74) is 0. The van der Waals surface area contributed by atoms with Crippen molar-refractivity contribution in [3.05, 3.63) is 0 Å². The molecule has 4 fully saturated rings. The van der Waals surface area contributed by atoms with Gasteiger partial charge >= 0.3 is 12.1 Å². The molecule has 4 rings (SSSR count). The topological polar surface area (TPSA) is 91.7 Å². The summed E-state index contributed by atoms with van der Waals surface area (Å²) in [6.45, 7) is 0. The van der Waals surface area contributed by atoms with Crippen LogP contribution in [0, 0.1) is 29.6 Å². The van der Waals surface area contributed by atoms with Crippen LogP contribution in [0.15, 0.2) is 0 Å². The van der Waals surface area contributed by atoms with E-state index in [-0.39, 0.29) is 5.92 Å². The van der Waals surface area contributed by atoms with Gasteiger partial charge in [-0.3, -0.25) is 9.35 Å². The average Bonchev–Trinajstić information content (AvgIpc) is 2.34. The maximum Gasteiger partial charge on any atom is 0.390 e. The Balaban J connectivity index is 0.000000175. The van der Waals surface area contributed by atoms with Gasteiger partial charge in [0, 0.05) is 0 Å². The van der Waals surface area contributed by atoms with Gasteiger partial charge in [-0.25, -0.2) is 0 Å². The van der Waals surface area contributed by atoms with E-state index in [4.69, 9.17) is 9.66 Å². The van der Waals surface area contributed by atoms with Gasteiger partial charge in [0.1, 0.15) is 0 Å². The van der Waals surface area contributed by atoms with Gasteiger partial charge in [0.05, 0.1) is 18.1 Å². The minimum Gasteiger partial charge on any atom is -0.481 e. The zero-order valence-electron chi connectivity index (χ0n) is 12.5. The second kappa shape index (κ2) is 6.58. The minimum atomic E-state index is -4.53. The molecule has 4 aliphatic rings. The number of carboxylic acid groups (broad SMARTS) is 1. The molecular weight excluding hydrogens is 337 g/mol. The van der Waals surface area contributed by atoms with Crippen molar-refractivity contribution >= 4 is 16.1 Å². The molecule has 2 N–H and O–H groups in total. The fourth-order valence-corrected chi connectivity index (χ4v) is 5.06. The van der Waals surface area contributed by atoms with Gasteiger partial charge in [-0.15, -0.1) is 0 Å². The Kier molecular flexibility index (Phi) is 5.30. The standard InChI is InChI=1S/C11H16O2.C3H5F3O3S/c12-11(13)10-8-2-6-1-7(4-8)5-9(10)3-6;4-3(5,6)1-2-10(7,8)9/h6-10H,1-5H2,(H,12,13);1-2H2,(H,7,8,9). The average molecular weight is 358 g/mol. The lowest BCUT2D eigenvalue weighted by atomic mass is 9.52. The van der Waals surface area contributed by atoms with E-state index in [0.29, 0.717) is 11.8 Å². The molecule has 5 nitrogen and oxygen atoms in total. The number of rotatable bonds is 3. The molecule has 0 saturated heterocycles. The molecule has 0 heterocycles. The van der Waals surface area contributed by atoms with Gasteiger partial charge in [0.25, 0.3) is 10.1 Å². The van der Waals surface area contributed by atoms with E-state index in [1.807, 2.05) is 0 Å². The van der Waals surface area contributed by atoms with Gasteiger partial charge < -0.3 is 5.11 Å². The molecule has 4 bridgehead atoms. The predicted molar refractivity (Wildman–Crippen MR) is 75.3 cm³/mol. The SMILES string of the molecule is O=C(O)C1C2CC3CC(C2)CC1C3.O=S(=O)(O)CCC(F)(F)F. The maximum absolute atomic E-state index is 11.2. The lowest BCUT2D eigenvalue weighted by Gasteiger charge is -2.52. The van der Waals surface area contributed by atoms with Crippen LogP contribution in [0.5, 0.6) is 0 Å². The summed E-state index contributed by atoms with van der Waals surface area (Å²) in [4.78, 5) is 11.1. The fraction of sp³-hybridized carbons (Fsp3) is 0.929. The van der Waals surface area contributed by atoms with Crippen molar-refractivity contribution in [1.82, 2.24) is 0 Å². The molecule has 4 aliphatic carbocycles. The molecule has 0 amide bonds. The molecule has 0 atom stereocenters. The summed E-state index contributed by atoms with van der Waals surface area (Å²) in [6.07, 6.45) is 0.211. The van der Waals surface area contributed by atoms with Crippen molar-refractivity contribution in [3.63, 3.8) is 0 Å². The summed E-state index contributed by atoms with van der Waals surface area (Å²) in [7, 11) is -4.48. The highest BCUT2D eigenvalue weighted by atomic mass is 32.2. The second-order valence-corrected chi connectivity index (χ2v) is 8.52. The lowest BCUT2D eigenvalue weighted by molar-refractivity contribution is -0.155. The van der Waals surface area contributed by atoms with E-state index in [2.05, 4.69) is 0 Å². The predicted octanol–water partition coefficient (Wildman–Crippen LogP) is 2.97. The molecule has 134 valence electrons. The highest BCUT2D eigenvalue weighted by Gasteiger charge is 2.50. The van der Waals surface area contributed by atoms with Gasteiger partial charge in [0.15, 0.2) is 0 Å². The van der Waals surface area contributed by atoms with E-state index in [1.165, 1.54) is 32.1 Å². The number of alkyl halides is 3. The Morgan fingerprint density at radius 1 is 1.00 bits per heavy atom. The highest BCUT2D eigenvalue weighted by molar-refractivity contribution is 7.85. The quantitative estimate of drug-likeness (QED) is 0.757. The van der Waals surface area contributed by atoms with E-state index in [9.17, 15) is 26.4 Å². The van der Waals surface area contributed by atoms with Crippen LogP contribution < -0.4 is 0 Å². The molecule has 0 aromatic carbocycles. The minimum absolute atomic E-state index is 0.0211. The number of hydrogen-bond acceptors (Lipinski definition) is 3. The van der Waals surface area contributed by atoms with Crippen LogP contribution in [0.2, 0.25) is 0 Å². The number of carbonyl (C=O) groups is 1. The Bertz CT molecular complexity index is 515. The first-order chi connectivity index (χ1) is 10.4. The van der Waals surface area contributed by atoms with Gasteiger partial charge in [-0.2, -0.15) is 21.6 Å². The fourth-order valence-electron chi connectivity index (χ4n) is 4.57. The molecule has 0 unspecified atom stereocenters. The van der Waals surface area contributed by atoms with Crippen LogP contribution >= 0.6 is 0 Å². The second-order valence-electron chi connectivity index (χ2n) is 6.95. The van der Waals surface area contributed by atoms with Crippen LogP contribution in [0.1, 0.15) is 38.5 Å². The van der Waals surface area contributed by atoms with Crippen molar-refractivity contribution in [1.29, 1.82) is 0 Å². The molecule has 0 radical (unpaired) electrons. The van der Waals surface area contributed by atoms with Crippen molar-refractivity contribution in [2.75, 3.05) is 5.75 Å². The molecule has 23 heavy (non-hydrogen) atoms. The monoisotopic (exact) mass is 358 g/mol. The Morgan fingerprint density at radius 2 is 1.43 bits per heavy atom. The van der Waals surface area contributed by atoms with Gasteiger partial charge in [-0.05, 0) is 55.8 Å². The smallest absolute Gasteiger partial charge is 0.390 e. The molecule has 0 aromatic heterocycles. The summed E-state index contributed by atoms with van der Waals surface area (Å²) in [5.74, 6) is 1.08. The van der Waals surface area contributed by atoms with Gasteiger partial charge in [0.2, 0.25) is 0 Å². The van der Waals surface area contributed by atoms with Crippen LogP contribution in [0.3, 0.4) is 0 Å². The van der Waals surface area contributed by atoms with Crippen molar-refractivity contribution in [3.8, 4) is 0 Å². The first-order valence-corrected chi connectivity index (χ1v) is 9.30. The van der Waals surface area contributed by atoms with Crippen LogP contribution in [-0.4, -0.2) is 36.0 Å². The number of aliphatic carboxylic acids is 1. The zero-order chi connectivity index (χ0) is 17.4. The first-order valence-electron chi connectivity index (χ1n) is 7.69. The molecule has 0 aromatic rings. The summed E-state index contributed by atoms with van der Waals surface area (Å²) in [6, 6.07) is 0. The van der Waals surface area contributed by atoms with Crippen molar-refractivity contribution in [2.45, 2.75) is 44.7 Å². The van der Waals surface area contributed by atoms with Crippen molar-refractivity contribution < 1.29 is 36.0 Å². The molecule has 0 spiro atoms. The number of hydrogen-bond donors (Lipinski definition) is 2. The van der Waals surface area contributed by atoms with Crippen molar-refractivity contribution in [2.24, 2.45) is 29.6 Å². The van der Waals surface area contributed by atoms with Crippen LogP contribution in [0.4, 0.5) is 13.2 Å². The molecule has 4 saturated carbocycles. The number of halogens is 3. The maximum atomic E-state index is 11.2. The largest absolute Gasteiger partial charge is 0.481 e. The Labute approximate surface area is 133 Å². The third kappa shape index (κ3) is 5.34. The van der Waals surface area contributed by atoms with E-state index < -0.39 is 34.4 Å².